The summed E-state index contributed by atoms with van der Waals surface area (Å²) in [5.74, 6) is -1.06. The van der Waals surface area contributed by atoms with Crippen LogP contribution in [0.3, 0.4) is 0 Å². The molecule has 1 atom stereocenters. The molecule has 1 aliphatic heterocycles. The Morgan fingerprint density at radius 1 is 1.11 bits per heavy atom. The number of carbonyl (C=O) groups excluding carboxylic acids is 2. The summed E-state index contributed by atoms with van der Waals surface area (Å²) in [6.45, 7) is 5.08. The van der Waals surface area contributed by atoms with E-state index in [1.807, 2.05) is 13.8 Å². The van der Waals surface area contributed by atoms with E-state index in [0.717, 1.165) is 19.3 Å². The zero-order valence-electron chi connectivity index (χ0n) is 16.0. The molecule has 0 aromatic heterocycles. The maximum atomic E-state index is 12.9. The highest BCUT2D eigenvalue weighted by atomic mass is 32.2. The quantitative estimate of drug-likeness (QED) is 0.684. The molecule has 1 heterocycles. The van der Waals surface area contributed by atoms with Crippen molar-refractivity contribution < 1.29 is 18.0 Å². The van der Waals surface area contributed by atoms with Crippen LogP contribution >= 0.6 is 0 Å². The first-order chi connectivity index (χ1) is 12.8. The highest BCUT2D eigenvalue weighted by Gasteiger charge is 2.33. The minimum atomic E-state index is -3.56. The molecule has 8 heteroatoms. The summed E-state index contributed by atoms with van der Waals surface area (Å²) in [6, 6.07) is 8.22. The predicted molar refractivity (Wildman–Crippen MR) is 103 cm³/mol. The van der Waals surface area contributed by atoms with Crippen LogP contribution in [0.2, 0.25) is 0 Å². The van der Waals surface area contributed by atoms with Gasteiger partial charge in [0.2, 0.25) is 10.0 Å². The normalized spacial score (nSPS) is 18.3. The van der Waals surface area contributed by atoms with Gasteiger partial charge in [0.05, 0.1) is 4.90 Å². The molecule has 2 amide bonds. The van der Waals surface area contributed by atoms with Crippen molar-refractivity contribution in [1.82, 2.24) is 14.9 Å². The number of nitrogens with zero attached hydrogens (tertiary/aromatic N) is 1. The molecule has 7 nitrogen and oxygen atoms in total. The minimum absolute atomic E-state index is 0.178. The van der Waals surface area contributed by atoms with Gasteiger partial charge in [0.1, 0.15) is 0 Å². The van der Waals surface area contributed by atoms with Crippen molar-refractivity contribution in [3.8, 4) is 0 Å². The second-order valence-electron chi connectivity index (χ2n) is 7.23. The smallest absolute Gasteiger partial charge is 0.309 e. The molecule has 0 aliphatic carbocycles. The largest absolute Gasteiger partial charge is 0.348 e. The van der Waals surface area contributed by atoms with Gasteiger partial charge in [-0.25, -0.2) is 8.42 Å². The van der Waals surface area contributed by atoms with E-state index in [-0.39, 0.29) is 23.4 Å². The molecule has 1 aromatic carbocycles. The van der Waals surface area contributed by atoms with Crippen LogP contribution in [-0.4, -0.2) is 50.2 Å². The van der Waals surface area contributed by atoms with Crippen LogP contribution < -0.4 is 10.6 Å². The Hall–Kier alpha value is -1.93. The fraction of sp³-hybridized carbons (Fsp3) is 0.579. The van der Waals surface area contributed by atoms with E-state index < -0.39 is 21.8 Å². The number of piperidine rings is 1. The Balaban J connectivity index is 1.92. The Morgan fingerprint density at radius 3 is 2.44 bits per heavy atom. The van der Waals surface area contributed by atoms with Gasteiger partial charge in [0.25, 0.3) is 0 Å². The third-order valence-electron chi connectivity index (χ3n) is 4.56. The van der Waals surface area contributed by atoms with E-state index in [4.69, 9.17) is 0 Å². The monoisotopic (exact) mass is 395 g/mol. The number of hydrogen-bond acceptors (Lipinski definition) is 4. The van der Waals surface area contributed by atoms with E-state index in [9.17, 15) is 18.0 Å². The first-order valence-corrected chi connectivity index (χ1v) is 10.9. The van der Waals surface area contributed by atoms with E-state index in [2.05, 4.69) is 10.6 Å². The summed E-state index contributed by atoms with van der Waals surface area (Å²) < 4.78 is 27.4. The molecular formula is C19H29N3O4S. The van der Waals surface area contributed by atoms with Gasteiger partial charge in [0.15, 0.2) is 0 Å². The molecular weight excluding hydrogens is 366 g/mol. The van der Waals surface area contributed by atoms with Gasteiger partial charge < -0.3 is 10.6 Å². The standard InChI is InChI=1S/C19H29N3O4S/c1-15(2)14-21-19(24)18(23)20-12-11-16-8-6-7-13-22(16)27(25,26)17-9-4-3-5-10-17/h3-5,9-10,15-16H,6-8,11-14H2,1-2H3,(H,20,23)(H,21,24). The summed E-state index contributed by atoms with van der Waals surface area (Å²) in [7, 11) is -3.56. The molecule has 2 N–H and O–H groups in total. The molecule has 0 spiro atoms. The average molecular weight is 396 g/mol. The van der Waals surface area contributed by atoms with Gasteiger partial charge in [-0.3, -0.25) is 9.59 Å². The number of hydrogen-bond donors (Lipinski definition) is 2. The van der Waals surface area contributed by atoms with Crippen molar-refractivity contribution in [2.75, 3.05) is 19.6 Å². The molecule has 1 aromatic rings. The van der Waals surface area contributed by atoms with Gasteiger partial charge in [-0.15, -0.1) is 0 Å². The molecule has 0 radical (unpaired) electrons. The summed E-state index contributed by atoms with van der Waals surface area (Å²) in [4.78, 5) is 23.8. The highest BCUT2D eigenvalue weighted by molar-refractivity contribution is 7.89. The second kappa shape index (κ2) is 9.85. The van der Waals surface area contributed by atoms with Gasteiger partial charge in [0, 0.05) is 25.7 Å². The summed E-state index contributed by atoms with van der Waals surface area (Å²) in [5, 5.41) is 5.16. The molecule has 1 saturated heterocycles. The van der Waals surface area contributed by atoms with Crippen molar-refractivity contribution in [2.24, 2.45) is 5.92 Å². The molecule has 0 bridgehead atoms. The third kappa shape index (κ3) is 6.04. The molecule has 0 saturated carbocycles. The van der Waals surface area contributed by atoms with E-state index in [1.165, 1.54) is 4.31 Å². The first kappa shape index (κ1) is 21.4. The van der Waals surface area contributed by atoms with Crippen molar-refractivity contribution in [3.05, 3.63) is 30.3 Å². The van der Waals surface area contributed by atoms with Crippen molar-refractivity contribution in [1.29, 1.82) is 0 Å². The van der Waals surface area contributed by atoms with Gasteiger partial charge in [-0.2, -0.15) is 4.31 Å². The van der Waals surface area contributed by atoms with Crippen LogP contribution in [0.15, 0.2) is 35.2 Å². The predicted octanol–water partition coefficient (Wildman–Crippen LogP) is 1.51. The van der Waals surface area contributed by atoms with Crippen LogP contribution in [0.25, 0.3) is 0 Å². The van der Waals surface area contributed by atoms with E-state index in [1.54, 1.807) is 30.3 Å². The van der Waals surface area contributed by atoms with Crippen LogP contribution in [0.4, 0.5) is 0 Å². The zero-order valence-corrected chi connectivity index (χ0v) is 16.8. The second-order valence-corrected chi connectivity index (χ2v) is 9.12. The first-order valence-electron chi connectivity index (χ1n) is 9.45. The lowest BCUT2D eigenvalue weighted by Crippen LogP contribution is -2.46. The van der Waals surface area contributed by atoms with Crippen molar-refractivity contribution >= 4 is 21.8 Å². The lowest BCUT2D eigenvalue weighted by atomic mass is 10.0. The maximum Gasteiger partial charge on any atom is 0.309 e. The maximum absolute atomic E-state index is 12.9. The number of rotatable bonds is 7. The molecule has 1 aliphatic rings. The molecule has 2 rings (SSSR count). The number of nitrogens with one attached hydrogen (secondary N) is 2. The number of carbonyl (C=O) groups is 2. The molecule has 27 heavy (non-hydrogen) atoms. The van der Waals surface area contributed by atoms with Crippen LogP contribution in [0.1, 0.15) is 39.5 Å². The lowest BCUT2D eigenvalue weighted by molar-refractivity contribution is -0.139. The summed E-state index contributed by atoms with van der Waals surface area (Å²) in [5.41, 5.74) is 0. The molecule has 1 unspecified atom stereocenters. The fourth-order valence-corrected chi connectivity index (χ4v) is 4.86. The number of amides is 2. The Kier molecular flexibility index (Phi) is 7.79. The zero-order chi connectivity index (χ0) is 19.9. The van der Waals surface area contributed by atoms with Crippen molar-refractivity contribution in [3.63, 3.8) is 0 Å². The average Bonchev–Trinajstić information content (AvgIpc) is 2.67. The van der Waals surface area contributed by atoms with Crippen molar-refractivity contribution in [2.45, 2.75) is 50.5 Å². The van der Waals surface area contributed by atoms with Gasteiger partial charge >= 0.3 is 11.8 Å². The SMILES string of the molecule is CC(C)CNC(=O)C(=O)NCCC1CCCCN1S(=O)(=O)c1ccccc1. The van der Waals surface area contributed by atoms with E-state index in [0.29, 0.717) is 19.5 Å². The van der Waals surface area contributed by atoms with Crippen LogP contribution in [-0.2, 0) is 19.6 Å². The number of benzene rings is 1. The highest BCUT2D eigenvalue weighted by Crippen LogP contribution is 2.26. The summed E-state index contributed by atoms with van der Waals surface area (Å²) in [6.07, 6.45) is 3.01. The third-order valence-corrected chi connectivity index (χ3v) is 6.53. The van der Waals surface area contributed by atoms with Gasteiger partial charge in [-0.1, -0.05) is 38.5 Å². The molecule has 150 valence electrons. The Bertz CT molecular complexity index is 735. The van der Waals surface area contributed by atoms with Crippen LogP contribution in [0, 0.1) is 5.92 Å². The number of sulfonamides is 1. The topological polar surface area (TPSA) is 95.6 Å². The van der Waals surface area contributed by atoms with Crippen LogP contribution in [0.5, 0.6) is 0 Å². The Labute approximate surface area is 161 Å². The summed E-state index contributed by atoms with van der Waals surface area (Å²) >= 11 is 0. The lowest BCUT2D eigenvalue weighted by Gasteiger charge is -2.34. The van der Waals surface area contributed by atoms with Gasteiger partial charge in [-0.05, 0) is 37.3 Å². The van der Waals surface area contributed by atoms with E-state index >= 15 is 0 Å². The Morgan fingerprint density at radius 2 is 1.78 bits per heavy atom. The minimum Gasteiger partial charge on any atom is -0.348 e. The molecule has 1 fully saturated rings. The fourth-order valence-electron chi connectivity index (χ4n) is 3.12.